The summed E-state index contributed by atoms with van der Waals surface area (Å²) in [6.07, 6.45) is 2.33. The largest absolute Gasteiger partial charge is 0.508 e. The monoisotopic (exact) mass is 220 g/mol. The van der Waals surface area contributed by atoms with Crippen LogP contribution in [0.25, 0.3) is 0 Å². The van der Waals surface area contributed by atoms with Crippen molar-refractivity contribution >= 4 is 0 Å². The molecule has 3 N–H and O–H groups in total. The molecule has 0 radical (unpaired) electrons. The minimum absolute atomic E-state index is 0.330. The van der Waals surface area contributed by atoms with E-state index < -0.39 is 0 Å². The zero-order chi connectivity index (χ0) is 11.5. The van der Waals surface area contributed by atoms with Crippen molar-refractivity contribution in [1.29, 1.82) is 0 Å². The van der Waals surface area contributed by atoms with Crippen molar-refractivity contribution < 1.29 is 5.11 Å². The first-order chi connectivity index (χ1) is 7.63. The molecular weight excluding hydrogens is 200 g/mol. The Bertz CT molecular complexity index is 330. The van der Waals surface area contributed by atoms with Crippen molar-refractivity contribution in [3.8, 4) is 5.75 Å². The van der Waals surface area contributed by atoms with Gasteiger partial charge in [-0.15, -0.1) is 0 Å². The van der Waals surface area contributed by atoms with Crippen molar-refractivity contribution in [1.82, 2.24) is 4.90 Å². The number of aromatic hydroxyl groups is 1. The normalized spacial score (nSPS) is 24.4. The quantitative estimate of drug-likeness (QED) is 0.809. The van der Waals surface area contributed by atoms with Crippen molar-refractivity contribution in [2.45, 2.75) is 25.4 Å². The number of phenols is 1. The van der Waals surface area contributed by atoms with Crippen molar-refractivity contribution in [3.63, 3.8) is 0 Å². The van der Waals surface area contributed by atoms with E-state index in [0.717, 1.165) is 19.0 Å². The highest BCUT2D eigenvalue weighted by Crippen LogP contribution is 2.26. The number of hydrogen-bond acceptors (Lipinski definition) is 3. The molecule has 0 amide bonds. The highest BCUT2D eigenvalue weighted by atomic mass is 16.3. The molecule has 0 spiro atoms. The Labute approximate surface area is 96.9 Å². The number of phenolic OH excluding ortho intramolecular Hbond substituents is 1. The first kappa shape index (κ1) is 11.4. The van der Waals surface area contributed by atoms with Gasteiger partial charge in [0.15, 0.2) is 0 Å². The lowest BCUT2D eigenvalue weighted by Gasteiger charge is -2.35. The van der Waals surface area contributed by atoms with Gasteiger partial charge >= 0.3 is 0 Å². The van der Waals surface area contributed by atoms with Gasteiger partial charge in [-0.2, -0.15) is 0 Å². The van der Waals surface area contributed by atoms with Crippen LogP contribution in [0.3, 0.4) is 0 Å². The lowest BCUT2D eigenvalue weighted by Crippen LogP contribution is -2.41. The van der Waals surface area contributed by atoms with Crippen LogP contribution in [-0.2, 0) is 6.54 Å². The summed E-state index contributed by atoms with van der Waals surface area (Å²) in [4.78, 5) is 2.32. The van der Waals surface area contributed by atoms with E-state index in [9.17, 15) is 5.11 Å². The lowest BCUT2D eigenvalue weighted by atomic mass is 9.80. The Balaban J connectivity index is 1.78. The smallest absolute Gasteiger partial charge is 0.115 e. The summed E-state index contributed by atoms with van der Waals surface area (Å²) in [5.41, 5.74) is 7.01. The Morgan fingerprint density at radius 1 is 1.31 bits per heavy atom. The standard InChI is InChI=1S/C13H20N2O/c1-15(9-11-6-12(14)7-11)8-10-2-4-13(16)5-3-10/h2-5,11-12,16H,6-9,14H2,1H3. The van der Waals surface area contributed by atoms with Crippen molar-refractivity contribution in [2.75, 3.05) is 13.6 Å². The maximum Gasteiger partial charge on any atom is 0.115 e. The van der Waals surface area contributed by atoms with Crippen LogP contribution in [-0.4, -0.2) is 29.6 Å². The van der Waals surface area contributed by atoms with Gasteiger partial charge in [-0.3, -0.25) is 0 Å². The second kappa shape index (κ2) is 4.85. The van der Waals surface area contributed by atoms with Crippen LogP contribution in [0.15, 0.2) is 24.3 Å². The molecule has 0 bridgehead atoms. The summed E-state index contributed by atoms with van der Waals surface area (Å²) in [5.74, 6) is 1.11. The van der Waals surface area contributed by atoms with E-state index in [4.69, 9.17) is 5.73 Å². The van der Waals surface area contributed by atoms with Gasteiger partial charge in [0, 0.05) is 19.1 Å². The maximum absolute atomic E-state index is 9.19. The van der Waals surface area contributed by atoms with Gasteiger partial charge in [0.25, 0.3) is 0 Å². The van der Waals surface area contributed by atoms with Crippen molar-refractivity contribution in [3.05, 3.63) is 29.8 Å². The molecule has 0 atom stereocenters. The van der Waals surface area contributed by atoms with Crippen LogP contribution < -0.4 is 5.73 Å². The number of nitrogens with two attached hydrogens (primary N) is 1. The third-order valence-corrected chi connectivity index (χ3v) is 3.23. The molecule has 1 fully saturated rings. The Hall–Kier alpha value is -1.06. The summed E-state index contributed by atoms with van der Waals surface area (Å²) in [6, 6.07) is 7.86. The fraction of sp³-hybridized carbons (Fsp3) is 0.538. The van der Waals surface area contributed by atoms with Gasteiger partial charge in [0.05, 0.1) is 0 Å². The van der Waals surface area contributed by atoms with Crippen LogP contribution in [0, 0.1) is 5.92 Å². The molecule has 1 aliphatic carbocycles. The van der Waals surface area contributed by atoms with E-state index in [1.165, 1.54) is 18.4 Å². The number of hydrogen-bond donors (Lipinski definition) is 2. The number of nitrogens with zero attached hydrogens (tertiary/aromatic N) is 1. The summed E-state index contributed by atoms with van der Waals surface area (Å²) >= 11 is 0. The molecule has 3 nitrogen and oxygen atoms in total. The first-order valence-electron chi connectivity index (χ1n) is 5.85. The molecule has 0 aliphatic heterocycles. The minimum atomic E-state index is 0.330. The van der Waals surface area contributed by atoms with Gasteiger partial charge in [-0.05, 0) is 43.5 Å². The Morgan fingerprint density at radius 3 is 2.50 bits per heavy atom. The second-order valence-corrected chi connectivity index (χ2v) is 4.96. The van der Waals surface area contributed by atoms with E-state index in [-0.39, 0.29) is 0 Å². The molecule has 0 aromatic heterocycles. The van der Waals surface area contributed by atoms with E-state index in [2.05, 4.69) is 11.9 Å². The first-order valence-corrected chi connectivity index (χ1v) is 5.85. The van der Waals surface area contributed by atoms with Gasteiger partial charge in [-0.1, -0.05) is 12.1 Å². The van der Waals surface area contributed by atoms with Crippen LogP contribution in [0.2, 0.25) is 0 Å². The summed E-state index contributed by atoms with van der Waals surface area (Å²) in [5, 5.41) is 9.19. The molecular formula is C13H20N2O. The molecule has 0 unspecified atom stereocenters. The summed E-state index contributed by atoms with van der Waals surface area (Å²) in [7, 11) is 2.14. The average molecular weight is 220 g/mol. The van der Waals surface area contributed by atoms with Crippen LogP contribution in [0.4, 0.5) is 0 Å². The fourth-order valence-electron chi connectivity index (χ4n) is 2.35. The molecule has 1 aliphatic rings. The molecule has 1 saturated carbocycles. The van der Waals surface area contributed by atoms with Crippen LogP contribution in [0.1, 0.15) is 18.4 Å². The molecule has 3 heteroatoms. The van der Waals surface area contributed by atoms with Crippen LogP contribution in [0.5, 0.6) is 5.75 Å². The molecule has 16 heavy (non-hydrogen) atoms. The second-order valence-electron chi connectivity index (χ2n) is 4.96. The van der Waals surface area contributed by atoms with Gasteiger partial charge in [-0.25, -0.2) is 0 Å². The zero-order valence-corrected chi connectivity index (χ0v) is 9.76. The van der Waals surface area contributed by atoms with Crippen molar-refractivity contribution in [2.24, 2.45) is 11.7 Å². The maximum atomic E-state index is 9.19. The molecule has 2 rings (SSSR count). The van der Waals surface area contributed by atoms with Gasteiger partial charge < -0.3 is 15.7 Å². The van der Waals surface area contributed by atoms with E-state index in [1.807, 2.05) is 12.1 Å². The predicted octanol–water partition coefficient (Wildman–Crippen LogP) is 1.56. The Morgan fingerprint density at radius 2 is 1.94 bits per heavy atom. The molecule has 1 aromatic carbocycles. The zero-order valence-electron chi connectivity index (χ0n) is 9.76. The Kier molecular flexibility index (Phi) is 3.46. The summed E-state index contributed by atoms with van der Waals surface area (Å²) in [6.45, 7) is 2.06. The van der Waals surface area contributed by atoms with Gasteiger partial charge in [0.1, 0.15) is 5.75 Å². The average Bonchev–Trinajstić information content (AvgIpc) is 2.19. The lowest BCUT2D eigenvalue weighted by molar-refractivity contribution is 0.178. The molecule has 88 valence electrons. The molecule has 0 saturated heterocycles. The van der Waals surface area contributed by atoms with E-state index in [1.54, 1.807) is 12.1 Å². The fourth-order valence-corrected chi connectivity index (χ4v) is 2.35. The third kappa shape index (κ3) is 2.97. The predicted molar refractivity (Wildman–Crippen MR) is 65.1 cm³/mol. The molecule has 0 heterocycles. The SMILES string of the molecule is CN(Cc1ccc(O)cc1)CC1CC(N)C1. The molecule has 1 aromatic rings. The van der Waals surface area contributed by atoms with Gasteiger partial charge in [0.2, 0.25) is 0 Å². The van der Waals surface area contributed by atoms with E-state index >= 15 is 0 Å². The van der Waals surface area contributed by atoms with Crippen LogP contribution >= 0.6 is 0 Å². The third-order valence-electron chi connectivity index (χ3n) is 3.23. The topological polar surface area (TPSA) is 49.5 Å². The number of rotatable bonds is 4. The summed E-state index contributed by atoms with van der Waals surface area (Å²) < 4.78 is 0. The minimum Gasteiger partial charge on any atom is -0.508 e. The van der Waals surface area contributed by atoms with E-state index in [0.29, 0.717) is 11.8 Å². The highest BCUT2D eigenvalue weighted by Gasteiger charge is 2.26. The highest BCUT2D eigenvalue weighted by molar-refractivity contribution is 5.25. The number of benzene rings is 1.